The maximum absolute atomic E-state index is 11.9. The van der Waals surface area contributed by atoms with Crippen molar-refractivity contribution >= 4 is 45.0 Å². The normalized spacial score (nSPS) is 11.8. The Bertz CT molecular complexity index is 662. The molecule has 1 atom stereocenters. The summed E-state index contributed by atoms with van der Waals surface area (Å²) in [5.74, 6) is 0.207. The van der Waals surface area contributed by atoms with Crippen molar-refractivity contribution < 1.29 is 9.53 Å². The van der Waals surface area contributed by atoms with E-state index in [0.29, 0.717) is 15.8 Å². The van der Waals surface area contributed by atoms with Crippen LogP contribution in [0, 0.1) is 0 Å². The number of rotatable bonds is 5. The van der Waals surface area contributed by atoms with Gasteiger partial charge >= 0.3 is 0 Å². The highest BCUT2D eigenvalue weighted by atomic mass is 79.9. The summed E-state index contributed by atoms with van der Waals surface area (Å²) in [5.41, 5.74) is 1.01. The molecule has 0 heterocycles. The Morgan fingerprint density at radius 1 is 1.23 bits per heavy atom. The van der Waals surface area contributed by atoms with E-state index in [0.717, 1.165) is 10.0 Å². The number of benzene rings is 2. The molecule has 0 radical (unpaired) electrons. The second kappa shape index (κ2) is 7.86. The minimum absolute atomic E-state index is 0.107. The van der Waals surface area contributed by atoms with Crippen LogP contribution in [0.2, 0.25) is 10.0 Å². The SMILES string of the molecule is C[C@H](NC(=O)COc1ccc(Cl)cc1Cl)c1ccc(Br)cc1. The van der Waals surface area contributed by atoms with E-state index in [1.165, 1.54) is 0 Å². The topological polar surface area (TPSA) is 38.3 Å². The first-order valence-corrected chi connectivity index (χ1v) is 8.13. The van der Waals surface area contributed by atoms with Gasteiger partial charge in [0.05, 0.1) is 11.1 Å². The van der Waals surface area contributed by atoms with Crippen molar-refractivity contribution in [1.29, 1.82) is 0 Å². The van der Waals surface area contributed by atoms with Crippen LogP contribution in [0.15, 0.2) is 46.9 Å². The van der Waals surface area contributed by atoms with E-state index in [1.54, 1.807) is 18.2 Å². The summed E-state index contributed by atoms with van der Waals surface area (Å²) in [6, 6.07) is 12.5. The van der Waals surface area contributed by atoms with Crippen molar-refractivity contribution in [3.63, 3.8) is 0 Å². The molecule has 2 aromatic rings. The maximum Gasteiger partial charge on any atom is 0.258 e. The second-order valence-electron chi connectivity index (χ2n) is 4.70. The lowest BCUT2D eigenvalue weighted by Gasteiger charge is -2.15. The monoisotopic (exact) mass is 401 g/mol. The minimum atomic E-state index is -0.221. The number of amides is 1. The first-order valence-electron chi connectivity index (χ1n) is 6.58. The van der Waals surface area contributed by atoms with E-state index in [2.05, 4.69) is 21.2 Å². The molecule has 0 saturated heterocycles. The van der Waals surface area contributed by atoms with Gasteiger partial charge in [0, 0.05) is 9.50 Å². The highest BCUT2D eigenvalue weighted by Crippen LogP contribution is 2.27. The van der Waals surface area contributed by atoms with Gasteiger partial charge < -0.3 is 10.1 Å². The van der Waals surface area contributed by atoms with Crippen LogP contribution >= 0.6 is 39.1 Å². The molecule has 0 fully saturated rings. The Morgan fingerprint density at radius 2 is 1.91 bits per heavy atom. The van der Waals surface area contributed by atoms with E-state index in [9.17, 15) is 4.79 Å². The number of nitrogens with one attached hydrogen (secondary N) is 1. The van der Waals surface area contributed by atoms with Crippen molar-refractivity contribution in [2.24, 2.45) is 0 Å². The first kappa shape index (κ1) is 17.1. The Hall–Kier alpha value is -1.23. The van der Waals surface area contributed by atoms with Crippen molar-refractivity contribution in [3.8, 4) is 5.75 Å². The van der Waals surface area contributed by atoms with Crippen LogP contribution in [0.3, 0.4) is 0 Å². The zero-order chi connectivity index (χ0) is 16.1. The largest absolute Gasteiger partial charge is 0.482 e. The zero-order valence-corrected chi connectivity index (χ0v) is 14.9. The predicted molar refractivity (Wildman–Crippen MR) is 92.7 cm³/mol. The molecular formula is C16H14BrCl2NO2. The first-order chi connectivity index (χ1) is 10.5. The molecule has 2 aromatic carbocycles. The molecule has 2 rings (SSSR count). The average Bonchev–Trinajstić information content (AvgIpc) is 2.47. The van der Waals surface area contributed by atoms with Gasteiger partial charge in [0.1, 0.15) is 5.75 Å². The fraction of sp³-hybridized carbons (Fsp3) is 0.188. The van der Waals surface area contributed by atoms with E-state index < -0.39 is 0 Å². The lowest BCUT2D eigenvalue weighted by atomic mass is 10.1. The van der Waals surface area contributed by atoms with Gasteiger partial charge in [-0.1, -0.05) is 51.3 Å². The number of carbonyl (C=O) groups is 1. The molecule has 0 spiro atoms. The Morgan fingerprint density at radius 3 is 2.55 bits per heavy atom. The van der Waals surface area contributed by atoms with E-state index in [4.69, 9.17) is 27.9 Å². The van der Waals surface area contributed by atoms with Gasteiger partial charge in [0.25, 0.3) is 5.91 Å². The van der Waals surface area contributed by atoms with Gasteiger partial charge in [-0.25, -0.2) is 0 Å². The summed E-state index contributed by atoms with van der Waals surface area (Å²) in [6.07, 6.45) is 0. The molecule has 1 amide bonds. The molecule has 0 aromatic heterocycles. The van der Waals surface area contributed by atoms with E-state index in [1.807, 2.05) is 31.2 Å². The van der Waals surface area contributed by atoms with Crippen LogP contribution in [0.1, 0.15) is 18.5 Å². The fourth-order valence-electron chi connectivity index (χ4n) is 1.85. The molecular weight excluding hydrogens is 389 g/mol. The molecule has 6 heteroatoms. The van der Waals surface area contributed by atoms with Crippen LogP contribution in [0.5, 0.6) is 5.75 Å². The van der Waals surface area contributed by atoms with Crippen molar-refractivity contribution in [2.75, 3.05) is 6.61 Å². The lowest BCUT2D eigenvalue weighted by molar-refractivity contribution is -0.123. The number of carbonyl (C=O) groups excluding carboxylic acids is 1. The molecule has 0 aliphatic carbocycles. The van der Waals surface area contributed by atoms with Crippen LogP contribution in [0.25, 0.3) is 0 Å². The third-order valence-electron chi connectivity index (χ3n) is 3.00. The average molecular weight is 403 g/mol. The highest BCUT2D eigenvalue weighted by molar-refractivity contribution is 9.10. The standard InChI is InChI=1S/C16H14BrCl2NO2/c1-10(11-2-4-12(17)5-3-11)20-16(21)9-22-15-7-6-13(18)8-14(15)19/h2-8,10H,9H2,1H3,(H,20,21)/t10-/m0/s1. The van der Waals surface area contributed by atoms with Crippen molar-refractivity contribution in [3.05, 3.63) is 62.5 Å². The number of hydrogen-bond acceptors (Lipinski definition) is 2. The third kappa shape index (κ3) is 4.90. The molecule has 0 aliphatic heterocycles. The predicted octanol–water partition coefficient (Wildman–Crippen LogP) is 5.01. The van der Waals surface area contributed by atoms with Gasteiger partial charge in [-0.2, -0.15) is 0 Å². The van der Waals surface area contributed by atoms with Crippen molar-refractivity contribution in [2.45, 2.75) is 13.0 Å². The highest BCUT2D eigenvalue weighted by Gasteiger charge is 2.11. The molecule has 22 heavy (non-hydrogen) atoms. The lowest BCUT2D eigenvalue weighted by Crippen LogP contribution is -2.31. The van der Waals surface area contributed by atoms with Gasteiger partial charge in [-0.15, -0.1) is 0 Å². The summed E-state index contributed by atoms with van der Waals surface area (Å²) in [7, 11) is 0. The Kier molecular flexibility index (Phi) is 6.12. The summed E-state index contributed by atoms with van der Waals surface area (Å²) in [6.45, 7) is 1.80. The van der Waals surface area contributed by atoms with Crippen LogP contribution in [0.4, 0.5) is 0 Å². The van der Waals surface area contributed by atoms with Crippen molar-refractivity contribution in [1.82, 2.24) is 5.32 Å². The summed E-state index contributed by atoms with van der Waals surface area (Å²) in [5, 5.41) is 3.76. The van der Waals surface area contributed by atoms with Gasteiger partial charge in [-0.05, 0) is 42.8 Å². The molecule has 0 bridgehead atoms. The minimum Gasteiger partial charge on any atom is -0.482 e. The third-order valence-corrected chi connectivity index (χ3v) is 4.06. The van der Waals surface area contributed by atoms with Gasteiger partial charge in [0.15, 0.2) is 6.61 Å². The van der Waals surface area contributed by atoms with Crippen LogP contribution < -0.4 is 10.1 Å². The van der Waals surface area contributed by atoms with Gasteiger partial charge in [-0.3, -0.25) is 4.79 Å². The molecule has 0 aliphatic rings. The Labute approximate surface area is 147 Å². The maximum atomic E-state index is 11.9. The smallest absolute Gasteiger partial charge is 0.258 e. The van der Waals surface area contributed by atoms with E-state index >= 15 is 0 Å². The molecule has 116 valence electrons. The zero-order valence-electron chi connectivity index (χ0n) is 11.8. The number of hydrogen-bond donors (Lipinski definition) is 1. The van der Waals surface area contributed by atoms with E-state index in [-0.39, 0.29) is 18.6 Å². The fourth-order valence-corrected chi connectivity index (χ4v) is 2.58. The second-order valence-corrected chi connectivity index (χ2v) is 6.46. The van der Waals surface area contributed by atoms with Crippen LogP contribution in [-0.4, -0.2) is 12.5 Å². The molecule has 3 nitrogen and oxygen atoms in total. The Balaban J connectivity index is 1.88. The summed E-state index contributed by atoms with van der Waals surface area (Å²) < 4.78 is 6.40. The van der Waals surface area contributed by atoms with Crippen LogP contribution in [-0.2, 0) is 4.79 Å². The quantitative estimate of drug-likeness (QED) is 0.762. The molecule has 1 N–H and O–H groups in total. The number of ether oxygens (including phenoxy) is 1. The number of halogens is 3. The summed E-state index contributed by atoms with van der Waals surface area (Å²) >= 11 is 15.2. The van der Waals surface area contributed by atoms with Gasteiger partial charge in [0.2, 0.25) is 0 Å². The molecule has 0 saturated carbocycles. The molecule has 0 unspecified atom stereocenters. The summed E-state index contributed by atoms with van der Waals surface area (Å²) in [4.78, 5) is 11.9.